The largest absolute Gasteiger partial charge is 0.484 e. The van der Waals surface area contributed by atoms with Gasteiger partial charge in [-0.1, -0.05) is 0 Å². The highest BCUT2D eigenvalue weighted by Crippen LogP contribution is 2.20. The standard InChI is InChI=1S/C15H16N4O3/c1-10-18-19-13(22-10)8-21-12-6-4-11(5-7-12)17-14(20)15(2,3)9-16/h4-7H,8H2,1-3H3,(H,17,20). The molecular formula is C15H16N4O3. The first-order valence-electron chi connectivity index (χ1n) is 6.65. The van der Waals surface area contributed by atoms with Crippen LogP contribution < -0.4 is 10.1 Å². The highest BCUT2D eigenvalue weighted by atomic mass is 16.5. The third-order valence-electron chi connectivity index (χ3n) is 2.89. The maximum absolute atomic E-state index is 11.9. The Bertz CT molecular complexity index is 698. The number of nitriles is 1. The summed E-state index contributed by atoms with van der Waals surface area (Å²) in [4.78, 5) is 11.9. The van der Waals surface area contributed by atoms with Gasteiger partial charge in [0.05, 0.1) is 6.07 Å². The maximum Gasteiger partial charge on any atom is 0.253 e. The van der Waals surface area contributed by atoms with Crippen LogP contribution in [0, 0.1) is 23.7 Å². The molecule has 7 nitrogen and oxygen atoms in total. The number of rotatable bonds is 5. The Labute approximate surface area is 127 Å². The summed E-state index contributed by atoms with van der Waals surface area (Å²) in [5.74, 6) is 1.13. The van der Waals surface area contributed by atoms with E-state index in [0.29, 0.717) is 23.2 Å². The van der Waals surface area contributed by atoms with Crippen molar-refractivity contribution in [3.05, 3.63) is 36.0 Å². The van der Waals surface area contributed by atoms with Crippen molar-refractivity contribution in [3.8, 4) is 11.8 Å². The minimum absolute atomic E-state index is 0.175. The molecule has 2 aromatic rings. The number of nitrogens with zero attached hydrogens (tertiary/aromatic N) is 3. The van der Waals surface area contributed by atoms with Crippen LogP contribution in [0.1, 0.15) is 25.6 Å². The molecule has 1 aromatic carbocycles. The highest BCUT2D eigenvalue weighted by Gasteiger charge is 2.27. The van der Waals surface area contributed by atoms with E-state index in [-0.39, 0.29) is 12.5 Å². The molecule has 1 aromatic heterocycles. The Balaban J connectivity index is 1.93. The van der Waals surface area contributed by atoms with E-state index in [1.807, 2.05) is 6.07 Å². The molecule has 0 saturated heterocycles. The lowest BCUT2D eigenvalue weighted by Crippen LogP contribution is -2.29. The predicted molar refractivity (Wildman–Crippen MR) is 77.8 cm³/mol. The smallest absolute Gasteiger partial charge is 0.253 e. The second-order valence-electron chi connectivity index (χ2n) is 5.22. The second-order valence-corrected chi connectivity index (χ2v) is 5.22. The van der Waals surface area contributed by atoms with Gasteiger partial charge in [-0.25, -0.2) is 0 Å². The van der Waals surface area contributed by atoms with Crippen molar-refractivity contribution in [1.82, 2.24) is 10.2 Å². The number of anilines is 1. The topological polar surface area (TPSA) is 101 Å². The Morgan fingerprint density at radius 3 is 2.59 bits per heavy atom. The van der Waals surface area contributed by atoms with Crippen molar-refractivity contribution in [2.24, 2.45) is 5.41 Å². The first-order valence-corrected chi connectivity index (χ1v) is 6.65. The summed E-state index contributed by atoms with van der Waals surface area (Å²) in [6.45, 7) is 5.00. The summed E-state index contributed by atoms with van der Waals surface area (Å²) >= 11 is 0. The fourth-order valence-corrected chi connectivity index (χ4v) is 1.51. The Hall–Kier alpha value is -2.88. The highest BCUT2D eigenvalue weighted by molar-refractivity contribution is 5.96. The molecule has 2 rings (SSSR count). The number of aryl methyl sites for hydroxylation is 1. The average molecular weight is 300 g/mol. The molecule has 0 atom stereocenters. The SMILES string of the molecule is Cc1nnc(COc2ccc(NC(=O)C(C)(C)C#N)cc2)o1. The fourth-order valence-electron chi connectivity index (χ4n) is 1.51. The Kier molecular flexibility index (Phi) is 4.41. The summed E-state index contributed by atoms with van der Waals surface area (Å²) in [7, 11) is 0. The first-order chi connectivity index (χ1) is 10.4. The van der Waals surface area contributed by atoms with Crippen molar-refractivity contribution >= 4 is 11.6 Å². The molecule has 0 saturated carbocycles. The lowest BCUT2D eigenvalue weighted by molar-refractivity contribution is -0.121. The van der Waals surface area contributed by atoms with Crippen molar-refractivity contribution in [1.29, 1.82) is 5.26 Å². The molecule has 7 heteroatoms. The van der Waals surface area contributed by atoms with Crippen LogP contribution >= 0.6 is 0 Å². The number of nitrogens with one attached hydrogen (secondary N) is 1. The number of ether oxygens (including phenoxy) is 1. The van der Waals surface area contributed by atoms with Crippen LogP contribution in [0.3, 0.4) is 0 Å². The number of carbonyl (C=O) groups is 1. The molecule has 0 radical (unpaired) electrons. The zero-order valence-electron chi connectivity index (χ0n) is 12.6. The summed E-state index contributed by atoms with van der Waals surface area (Å²) in [5.41, 5.74) is -0.486. The van der Waals surface area contributed by atoms with Crippen LogP contribution in [0.4, 0.5) is 5.69 Å². The molecular weight excluding hydrogens is 284 g/mol. The maximum atomic E-state index is 11.9. The molecule has 114 valence electrons. The number of amides is 1. The molecule has 22 heavy (non-hydrogen) atoms. The van der Waals surface area contributed by atoms with E-state index in [2.05, 4.69) is 15.5 Å². The molecule has 1 amide bonds. The van der Waals surface area contributed by atoms with Gasteiger partial charge < -0.3 is 14.5 Å². The average Bonchev–Trinajstić information content (AvgIpc) is 2.92. The molecule has 1 heterocycles. The number of hydrogen-bond donors (Lipinski definition) is 1. The molecule has 0 aliphatic rings. The van der Waals surface area contributed by atoms with E-state index < -0.39 is 5.41 Å². The van der Waals surface area contributed by atoms with Gasteiger partial charge in [0.1, 0.15) is 11.2 Å². The lowest BCUT2D eigenvalue weighted by atomic mass is 9.94. The van der Waals surface area contributed by atoms with Crippen LogP contribution in [-0.2, 0) is 11.4 Å². The van der Waals surface area contributed by atoms with Crippen molar-refractivity contribution in [2.45, 2.75) is 27.4 Å². The van der Waals surface area contributed by atoms with Gasteiger partial charge in [-0.3, -0.25) is 4.79 Å². The monoisotopic (exact) mass is 300 g/mol. The van der Waals surface area contributed by atoms with Crippen LogP contribution in [-0.4, -0.2) is 16.1 Å². The summed E-state index contributed by atoms with van der Waals surface area (Å²) in [5, 5.41) is 19.1. The van der Waals surface area contributed by atoms with Crippen LogP contribution in [0.5, 0.6) is 5.75 Å². The van der Waals surface area contributed by atoms with Gasteiger partial charge in [-0.05, 0) is 38.1 Å². The molecule has 0 aliphatic carbocycles. The Morgan fingerprint density at radius 1 is 1.36 bits per heavy atom. The van der Waals surface area contributed by atoms with Gasteiger partial charge in [-0.15, -0.1) is 10.2 Å². The van der Waals surface area contributed by atoms with Gasteiger partial charge in [0.2, 0.25) is 11.8 Å². The Morgan fingerprint density at radius 2 is 2.05 bits per heavy atom. The fraction of sp³-hybridized carbons (Fsp3) is 0.333. The minimum atomic E-state index is -1.08. The number of carbonyl (C=O) groups excluding carboxylic acids is 1. The van der Waals surface area contributed by atoms with Gasteiger partial charge in [0.25, 0.3) is 5.89 Å². The van der Waals surface area contributed by atoms with Gasteiger partial charge >= 0.3 is 0 Å². The summed E-state index contributed by atoms with van der Waals surface area (Å²) in [6, 6.07) is 8.75. The van der Waals surface area contributed by atoms with E-state index in [0.717, 1.165) is 0 Å². The van der Waals surface area contributed by atoms with Crippen LogP contribution in [0.25, 0.3) is 0 Å². The van der Waals surface area contributed by atoms with E-state index in [1.54, 1.807) is 45.0 Å². The van der Waals surface area contributed by atoms with Crippen LogP contribution in [0.2, 0.25) is 0 Å². The zero-order chi connectivity index (χ0) is 16.2. The second kappa shape index (κ2) is 6.26. The molecule has 1 N–H and O–H groups in total. The van der Waals surface area contributed by atoms with Crippen LogP contribution in [0.15, 0.2) is 28.7 Å². The molecule has 0 spiro atoms. The molecule has 0 bridgehead atoms. The first kappa shape index (κ1) is 15.5. The predicted octanol–water partition coefficient (Wildman–Crippen LogP) is 2.45. The lowest BCUT2D eigenvalue weighted by Gasteiger charge is -2.15. The quantitative estimate of drug-likeness (QED) is 0.910. The van der Waals surface area contributed by atoms with Gasteiger partial charge in [0.15, 0.2) is 6.61 Å². The third kappa shape index (κ3) is 3.82. The van der Waals surface area contributed by atoms with Crippen molar-refractivity contribution < 1.29 is 13.9 Å². The van der Waals surface area contributed by atoms with Gasteiger partial charge in [0, 0.05) is 12.6 Å². The van der Waals surface area contributed by atoms with E-state index in [9.17, 15) is 4.79 Å². The van der Waals surface area contributed by atoms with Crippen molar-refractivity contribution in [3.63, 3.8) is 0 Å². The van der Waals surface area contributed by atoms with E-state index in [4.69, 9.17) is 14.4 Å². The third-order valence-corrected chi connectivity index (χ3v) is 2.89. The zero-order valence-corrected chi connectivity index (χ0v) is 12.6. The molecule has 0 aliphatic heterocycles. The minimum Gasteiger partial charge on any atom is -0.484 e. The number of aromatic nitrogens is 2. The van der Waals surface area contributed by atoms with Crippen molar-refractivity contribution in [2.75, 3.05) is 5.32 Å². The summed E-state index contributed by atoms with van der Waals surface area (Å²) in [6.07, 6.45) is 0. The normalized spacial score (nSPS) is 10.8. The van der Waals surface area contributed by atoms with E-state index in [1.165, 1.54) is 0 Å². The number of benzene rings is 1. The summed E-state index contributed by atoms with van der Waals surface area (Å²) < 4.78 is 10.7. The van der Waals surface area contributed by atoms with Gasteiger partial charge in [-0.2, -0.15) is 5.26 Å². The molecule has 0 fully saturated rings. The van der Waals surface area contributed by atoms with E-state index >= 15 is 0 Å². The number of hydrogen-bond acceptors (Lipinski definition) is 6. The molecule has 0 unspecified atom stereocenters.